The number of nitrogens with two attached hydrogens (primary N) is 1. The molecule has 0 amide bonds. The predicted molar refractivity (Wildman–Crippen MR) is 61.0 cm³/mol. The van der Waals surface area contributed by atoms with Gasteiger partial charge in [-0.3, -0.25) is 0 Å². The van der Waals surface area contributed by atoms with E-state index < -0.39 is 26.6 Å². The smallest absolute Gasteiger partial charge is 0.244 e. The van der Waals surface area contributed by atoms with Crippen molar-refractivity contribution in [2.45, 2.75) is 4.90 Å². The molecule has 0 saturated carbocycles. The molecule has 0 fully saturated rings. The van der Waals surface area contributed by atoms with E-state index in [4.69, 9.17) is 17.3 Å². The molecule has 0 heterocycles. The van der Waals surface area contributed by atoms with Gasteiger partial charge in [-0.05, 0) is 12.1 Å². The fourth-order valence-electron chi connectivity index (χ4n) is 1.03. The minimum atomic E-state index is -4.22. The Hall–Kier alpha value is -1.18. The van der Waals surface area contributed by atoms with Gasteiger partial charge in [0.05, 0.1) is 0 Å². The van der Waals surface area contributed by atoms with Crippen LogP contribution in [-0.2, 0) is 10.0 Å². The van der Waals surface area contributed by atoms with Gasteiger partial charge in [0.1, 0.15) is 4.90 Å². The summed E-state index contributed by atoms with van der Waals surface area (Å²) in [6.45, 7) is 2.96. The summed E-state index contributed by atoms with van der Waals surface area (Å²) in [5.41, 5.74) is 5.04. The first kappa shape index (κ1) is 13.9. The van der Waals surface area contributed by atoms with Gasteiger partial charge in [-0.15, -0.1) is 0 Å². The van der Waals surface area contributed by atoms with Crippen LogP contribution in [0.2, 0.25) is 0 Å². The number of hydrogen-bond donors (Lipinski definition) is 2. The lowest BCUT2D eigenvalue weighted by atomic mass is 10.3. The van der Waals surface area contributed by atoms with Crippen LogP contribution in [0.4, 0.5) is 14.5 Å². The van der Waals surface area contributed by atoms with Gasteiger partial charge >= 0.3 is 0 Å². The van der Waals surface area contributed by atoms with E-state index in [9.17, 15) is 17.2 Å². The van der Waals surface area contributed by atoms with E-state index in [1.165, 1.54) is 0 Å². The second-order valence-electron chi connectivity index (χ2n) is 3.16. The average Bonchev–Trinajstić information content (AvgIpc) is 2.20. The highest BCUT2D eigenvalue weighted by molar-refractivity contribution is 7.89. The van der Waals surface area contributed by atoms with E-state index >= 15 is 0 Å². The molecule has 0 bridgehead atoms. The topological polar surface area (TPSA) is 72.2 Å². The fourth-order valence-corrected chi connectivity index (χ4v) is 2.32. The van der Waals surface area contributed by atoms with Gasteiger partial charge in [-0.1, -0.05) is 18.2 Å². The largest absolute Gasteiger partial charge is 0.399 e. The van der Waals surface area contributed by atoms with Crippen LogP contribution in [0.1, 0.15) is 0 Å². The molecule has 0 atom stereocenters. The van der Waals surface area contributed by atoms with Crippen LogP contribution in [-0.4, -0.2) is 15.0 Å². The van der Waals surface area contributed by atoms with Crippen LogP contribution in [0.15, 0.2) is 28.6 Å². The highest BCUT2D eigenvalue weighted by Crippen LogP contribution is 2.20. The summed E-state index contributed by atoms with van der Waals surface area (Å²) in [7, 11) is -4.22. The van der Waals surface area contributed by atoms with Crippen LogP contribution in [0, 0.1) is 11.6 Å². The van der Waals surface area contributed by atoms with Gasteiger partial charge in [0, 0.05) is 17.3 Å². The molecule has 3 N–H and O–H groups in total. The van der Waals surface area contributed by atoms with E-state index in [0.717, 1.165) is 6.07 Å². The molecule has 1 aromatic rings. The number of hydrogen-bond acceptors (Lipinski definition) is 3. The van der Waals surface area contributed by atoms with E-state index in [2.05, 4.69) is 6.58 Å². The van der Waals surface area contributed by atoms with Crippen LogP contribution in [0.25, 0.3) is 0 Å². The molecule has 0 aliphatic rings. The summed E-state index contributed by atoms with van der Waals surface area (Å²) in [5, 5.41) is 0.0124. The average molecular weight is 283 g/mol. The standard InChI is InChI=1S/C9H9ClF2N2O2S/c1-5(10)4-14-17(15,16)8-3-6(13)2-7(11)9(8)12/h2-3,14H,1,4,13H2. The number of anilines is 1. The number of nitrogens with one attached hydrogen (secondary N) is 1. The van der Waals surface area contributed by atoms with E-state index in [-0.39, 0.29) is 17.3 Å². The first-order valence-electron chi connectivity index (χ1n) is 4.31. The van der Waals surface area contributed by atoms with Crippen molar-refractivity contribution in [3.05, 3.63) is 35.4 Å². The maximum atomic E-state index is 13.3. The Morgan fingerprint density at radius 2 is 2.06 bits per heavy atom. The SMILES string of the molecule is C=C(Cl)CNS(=O)(=O)c1cc(N)cc(F)c1F. The molecule has 0 aliphatic carbocycles. The molecule has 4 nitrogen and oxygen atoms in total. The van der Waals surface area contributed by atoms with Gasteiger partial charge in [0.2, 0.25) is 10.0 Å². The summed E-state index contributed by atoms with van der Waals surface area (Å²) >= 11 is 5.36. The quantitative estimate of drug-likeness (QED) is 0.824. The third-order valence-corrected chi connectivity index (χ3v) is 3.29. The molecule has 0 radical (unpaired) electrons. The third-order valence-electron chi connectivity index (χ3n) is 1.76. The second kappa shape index (κ2) is 4.99. The van der Waals surface area contributed by atoms with Crippen molar-refractivity contribution in [1.29, 1.82) is 0 Å². The number of nitrogen functional groups attached to an aromatic ring is 1. The van der Waals surface area contributed by atoms with Crippen molar-refractivity contribution in [1.82, 2.24) is 4.72 Å². The normalized spacial score (nSPS) is 11.5. The van der Waals surface area contributed by atoms with E-state index in [1.807, 2.05) is 4.72 Å². The van der Waals surface area contributed by atoms with E-state index in [0.29, 0.717) is 6.07 Å². The monoisotopic (exact) mass is 282 g/mol. The Morgan fingerprint density at radius 1 is 1.47 bits per heavy atom. The zero-order valence-corrected chi connectivity index (χ0v) is 10.1. The Kier molecular flexibility index (Phi) is 4.07. The van der Waals surface area contributed by atoms with Gasteiger partial charge in [0.25, 0.3) is 0 Å². The van der Waals surface area contributed by atoms with Gasteiger partial charge in [-0.25, -0.2) is 21.9 Å². The van der Waals surface area contributed by atoms with Crippen molar-refractivity contribution >= 4 is 27.3 Å². The summed E-state index contributed by atoms with van der Waals surface area (Å²) in [4.78, 5) is -0.868. The summed E-state index contributed by atoms with van der Waals surface area (Å²) < 4.78 is 51.4. The third kappa shape index (κ3) is 3.39. The zero-order valence-electron chi connectivity index (χ0n) is 8.50. The van der Waals surface area contributed by atoms with Gasteiger partial charge < -0.3 is 5.73 Å². The first-order valence-corrected chi connectivity index (χ1v) is 6.17. The second-order valence-corrected chi connectivity index (χ2v) is 5.43. The lowest BCUT2D eigenvalue weighted by Gasteiger charge is -2.08. The van der Waals surface area contributed by atoms with Crippen LogP contribution >= 0.6 is 11.6 Å². The minimum Gasteiger partial charge on any atom is -0.399 e. The van der Waals surface area contributed by atoms with Crippen molar-refractivity contribution < 1.29 is 17.2 Å². The lowest BCUT2D eigenvalue weighted by molar-refractivity contribution is 0.484. The maximum Gasteiger partial charge on any atom is 0.244 e. The zero-order chi connectivity index (χ0) is 13.2. The van der Waals surface area contributed by atoms with Crippen molar-refractivity contribution in [3.8, 4) is 0 Å². The molecule has 1 aromatic carbocycles. The molecule has 0 unspecified atom stereocenters. The van der Waals surface area contributed by atoms with Gasteiger partial charge in [0.15, 0.2) is 11.6 Å². The Balaban J connectivity index is 3.19. The molecular weight excluding hydrogens is 274 g/mol. The Labute approximate surface area is 102 Å². The molecule has 17 heavy (non-hydrogen) atoms. The molecule has 0 aliphatic heterocycles. The highest BCUT2D eigenvalue weighted by atomic mass is 35.5. The molecule has 8 heteroatoms. The van der Waals surface area contributed by atoms with E-state index in [1.54, 1.807) is 0 Å². The molecule has 0 aromatic heterocycles. The van der Waals surface area contributed by atoms with Crippen LogP contribution in [0.3, 0.4) is 0 Å². The first-order chi connectivity index (χ1) is 7.74. The van der Waals surface area contributed by atoms with Crippen molar-refractivity contribution in [3.63, 3.8) is 0 Å². The number of rotatable bonds is 4. The maximum absolute atomic E-state index is 13.3. The van der Waals surface area contributed by atoms with Crippen LogP contribution < -0.4 is 10.5 Å². The fraction of sp³-hybridized carbons (Fsp3) is 0.111. The molecule has 1 rings (SSSR count). The summed E-state index contributed by atoms with van der Waals surface area (Å²) in [6.07, 6.45) is 0. The molecule has 94 valence electrons. The van der Waals surface area contributed by atoms with Crippen LogP contribution in [0.5, 0.6) is 0 Å². The molecular formula is C9H9ClF2N2O2S. The summed E-state index contributed by atoms with van der Waals surface area (Å²) in [5.74, 6) is -2.83. The van der Waals surface area contributed by atoms with Crippen molar-refractivity contribution in [2.75, 3.05) is 12.3 Å². The molecule has 0 saturated heterocycles. The van der Waals surface area contributed by atoms with Crippen molar-refractivity contribution in [2.24, 2.45) is 0 Å². The minimum absolute atomic E-state index is 0.0124. The predicted octanol–water partition coefficient (Wildman–Crippen LogP) is 1.58. The van der Waals surface area contributed by atoms with Gasteiger partial charge in [-0.2, -0.15) is 0 Å². The number of sulfonamides is 1. The lowest BCUT2D eigenvalue weighted by Crippen LogP contribution is -2.26. The number of benzene rings is 1. The Bertz CT molecular complexity index is 560. The number of halogens is 3. The summed E-state index contributed by atoms with van der Waals surface area (Å²) in [6, 6.07) is 1.51. The molecule has 0 spiro atoms. The Morgan fingerprint density at radius 3 is 2.59 bits per heavy atom. The highest BCUT2D eigenvalue weighted by Gasteiger charge is 2.22.